The summed E-state index contributed by atoms with van der Waals surface area (Å²) in [6.07, 6.45) is 3.77. The van der Waals surface area contributed by atoms with Crippen molar-refractivity contribution in [2.45, 2.75) is 0 Å². The lowest BCUT2D eigenvalue weighted by atomic mass is 10.5. The summed E-state index contributed by atoms with van der Waals surface area (Å²) in [4.78, 5) is 0. The van der Waals surface area contributed by atoms with Crippen LogP contribution in [0.5, 0.6) is 0 Å². The van der Waals surface area contributed by atoms with Crippen LogP contribution in [0.2, 0.25) is 0 Å². The van der Waals surface area contributed by atoms with Crippen molar-refractivity contribution in [3.05, 3.63) is 28.3 Å². The Kier molecular flexibility index (Phi) is 2.28. The van der Waals surface area contributed by atoms with E-state index >= 15 is 0 Å². The highest BCUT2D eigenvalue weighted by atomic mass is 35.5. The fourth-order valence-electron chi connectivity index (χ4n) is 0.399. The molecule has 0 N–H and O–H groups in total. The van der Waals surface area contributed by atoms with E-state index in [0.717, 1.165) is 5.75 Å². The average Bonchev–Trinajstić information content (AvgIpc) is 1.94. The zero-order chi connectivity index (χ0) is 5.82. The van der Waals surface area contributed by atoms with E-state index in [1.54, 1.807) is 11.8 Å². The second kappa shape index (κ2) is 3.03. The number of halogens is 1. The summed E-state index contributed by atoms with van der Waals surface area (Å²) in [6.45, 7) is 0. The third-order valence-corrected chi connectivity index (χ3v) is 1.65. The van der Waals surface area contributed by atoms with Gasteiger partial charge >= 0.3 is 0 Å². The zero-order valence-electron chi connectivity index (χ0n) is 4.23. The molecule has 0 atom stereocenters. The van der Waals surface area contributed by atoms with Crippen LogP contribution in [-0.4, -0.2) is 5.75 Å². The molecule has 0 radical (unpaired) electrons. The third-order valence-electron chi connectivity index (χ3n) is 0.730. The molecule has 0 saturated heterocycles. The van der Waals surface area contributed by atoms with Crippen LogP contribution in [0.25, 0.3) is 0 Å². The van der Waals surface area contributed by atoms with Crippen molar-refractivity contribution in [1.82, 2.24) is 0 Å². The second-order valence-corrected chi connectivity index (χ2v) is 2.68. The monoisotopic (exact) mass is 144 g/mol. The van der Waals surface area contributed by atoms with Crippen molar-refractivity contribution in [2.75, 3.05) is 5.75 Å². The van der Waals surface area contributed by atoms with Gasteiger partial charge < -0.3 is 0 Å². The van der Waals surface area contributed by atoms with Crippen molar-refractivity contribution < 1.29 is 0 Å². The Morgan fingerprint density at radius 3 is 3.50 bits per heavy atom. The molecule has 0 bridgehead atoms. The van der Waals surface area contributed by atoms with Gasteiger partial charge in [-0.1, -0.05) is 11.6 Å². The van der Waals surface area contributed by atoms with Gasteiger partial charge in [0.25, 0.3) is 0 Å². The molecule has 1 heterocycles. The van der Waals surface area contributed by atoms with Crippen molar-refractivity contribution >= 4 is 23.4 Å². The predicted molar refractivity (Wildman–Crippen MR) is 39.0 cm³/mol. The van der Waals surface area contributed by atoms with Gasteiger partial charge in [0.05, 0.1) is 5.03 Å². The van der Waals surface area contributed by atoms with Crippen LogP contribution in [0.1, 0.15) is 0 Å². The van der Waals surface area contributed by atoms with Gasteiger partial charge in [0.15, 0.2) is 0 Å². The van der Waals surface area contributed by atoms with Crippen LogP contribution in [0.4, 0.5) is 0 Å². The largest absolute Gasteiger partial charge is 0.129 e. The van der Waals surface area contributed by atoms with Gasteiger partial charge in [0.1, 0.15) is 0 Å². The number of rotatable bonds is 0. The minimum atomic E-state index is 0.690. The van der Waals surface area contributed by atoms with E-state index < -0.39 is 0 Å². The molecule has 0 saturated carbocycles. The van der Waals surface area contributed by atoms with Gasteiger partial charge in [0, 0.05) is 5.75 Å². The normalized spacial score (nSPS) is 17.9. The Balaban J connectivity index is 2.80. The number of hydrogen-bond donors (Lipinski definition) is 0. The van der Waals surface area contributed by atoms with Crippen LogP contribution in [0.3, 0.4) is 0 Å². The maximum absolute atomic E-state index is 5.60. The van der Waals surface area contributed by atoms with E-state index in [1.165, 1.54) is 0 Å². The zero-order valence-corrected chi connectivity index (χ0v) is 5.80. The standard InChI is InChI=1S/C6H5ClS/c7-6-2-1-4-8-5-3-6/h1,3,5H,4H2. The van der Waals surface area contributed by atoms with Crippen LogP contribution in [0.15, 0.2) is 28.3 Å². The minimum absolute atomic E-state index is 0.690. The lowest BCUT2D eigenvalue weighted by molar-refractivity contribution is 1.80. The van der Waals surface area contributed by atoms with E-state index in [9.17, 15) is 0 Å². The first kappa shape index (κ1) is 6.03. The molecule has 0 amide bonds. The molecule has 1 aliphatic heterocycles. The smallest absolute Gasteiger partial charge is 0.0826 e. The van der Waals surface area contributed by atoms with E-state index in [1.807, 2.05) is 17.6 Å². The summed E-state index contributed by atoms with van der Waals surface area (Å²) in [5.41, 5.74) is 2.89. The lowest BCUT2D eigenvalue weighted by Crippen LogP contribution is -1.56. The van der Waals surface area contributed by atoms with Crippen LogP contribution in [0, 0.1) is 0 Å². The van der Waals surface area contributed by atoms with Gasteiger partial charge in [0.2, 0.25) is 0 Å². The minimum Gasteiger partial charge on any atom is -0.129 e. The molecule has 0 aromatic heterocycles. The van der Waals surface area contributed by atoms with E-state index in [4.69, 9.17) is 11.6 Å². The van der Waals surface area contributed by atoms with Crippen LogP contribution >= 0.6 is 23.4 Å². The highest BCUT2D eigenvalue weighted by Gasteiger charge is 1.84. The van der Waals surface area contributed by atoms with Gasteiger partial charge in [-0.05, 0) is 17.6 Å². The maximum Gasteiger partial charge on any atom is 0.0826 e. The van der Waals surface area contributed by atoms with Crippen LogP contribution < -0.4 is 0 Å². The molecule has 0 aliphatic carbocycles. The summed E-state index contributed by atoms with van der Waals surface area (Å²) >= 11 is 7.31. The Hall–Kier alpha value is -0.100. The SMILES string of the molecule is ClC1=C=CCSC=C1. The van der Waals surface area contributed by atoms with E-state index in [-0.39, 0.29) is 0 Å². The fourth-order valence-corrected chi connectivity index (χ4v) is 1.14. The number of allylic oxidation sites excluding steroid dienone is 1. The molecule has 1 aliphatic rings. The summed E-state index contributed by atoms with van der Waals surface area (Å²) in [7, 11) is 0. The van der Waals surface area contributed by atoms with E-state index in [2.05, 4.69) is 5.73 Å². The molecule has 8 heavy (non-hydrogen) atoms. The third kappa shape index (κ3) is 1.79. The average molecular weight is 145 g/mol. The van der Waals surface area contributed by atoms with Crippen molar-refractivity contribution in [3.8, 4) is 0 Å². The quantitative estimate of drug-likeness (QED) is 0.471. The Bertz CT molecular complexity index is 163. The fraction of sp³-hybridized carbons (Fsp3) is 0.167. The van der Waals surface area contributed by atoms with Crippen molar-refractivity contribution in [1.29, 1.82) is 0 Å². The molecule has 2 heteroatoms. The molecule has 1 rings (SSSR count). The predicted octanol–water partition coefficient (Wildman–Crippen LogP) is 2.52. The first-order valence-electron chi connectivity index (χ1n) is 2.28. The highest BCUT2D eigenvalue weighted by Crippen LogP contribution is 2.11. The molecule has 0 unspecified atom stereocenters. The van der Waals surface area contributed by atoms with E-state index in [0.29, 0.717) is 5.03 Å². The molecule has 0 aromatic rings. The molecular weight excluding hydrogens is 140 g/mol. The highest BCUT2D eigenvalue weighted by molar-refractivity contribution is 8.02. The summed E-state index contributed by atoms with van der Waals surface area (Å²) in [5, 5.41) is 2.66. The Labute approximate surface area is 57.9 Å². The van der Waals surface area contributed by atoms with Gasteiger partial charge in [-0.15, -0.1) is 17.5 Å². The first-order chi connectivity index (χ1) is 3.89. The second-order valence-electron chi connectivity index (χ2n) is 1.33. The molecular formula is C6H5ClS. The molecule has 0 nitrogen and oxygen atoms in total. The van der Waals surface area contributed by atoms with Gasteiger partial charge in [-0.2, -0.15) is 0 Å². The van der Waals surface area contributed by atoms with Gasteiger partial charge in [-0.3, -0.25) is 0 Å². The molecule has 0 fully saturated rings. The van der Waals surface area contributed by atoms with Crippen LogP contribution in [-0.2, 0) is 0 Å². The number of thioether (sulfide) groups is 1. The molecule has 0 aromatic carbocycles. The molecule has 0 spiro atoms. The number of hydrogen-bond acceptors (Lipinski definition) is 1. The molecule has 42 valence electrons. The topological polar surface area (TPSA) is 0 Å². The summed E-state index contributed by atoms with van der Waals surface area (Å²) in [5.74, 6) is 0.979. The Morgan fingerprint density at radius 1 is 1.75 bits per heavy atom. The van der Waals surface area contributed by atoms with Gasteiger partial charge in [-0.25, -0.2) is 0 Å². The lowest BCUT2D eigenvalue weighted by Gasteiger charge is -1.77. The maximum atomic E-state index is 5.60. The van der Waals surface area contributed by atoms with Crippen molar-refractivity contribution in [3.63, 3.8) is 0 Å². The Morgan fingerprint density at radius 2 is 2.62 bits per heavy atom. The first-order valence-corrected chi connectivity index (χ1v) is 3.71. The summed E-state index contributed by atoms with van der Waals surface area (Å²) < 4.78 is 0. The summed E-state index contributed by atoms with van der Waals surface area (Å²) in [6, 6.07) is 0. The van der Waals surface area contributed by atoms with Crippen molar-refractivity contribution in [2.24, 2.45) is 0 Å².